The van der Waals surface area contributed by atoms with E-state index in [0.29, 0.717) is 12.3 Å². The van der Waals surface area contributed by atoms with Crippen LogP contribution in [-0.4, -0.2) is 30.0 Å². The zero-order chi connectivity index (χ0) is 16.4. The first kappa shape index (κ1) is 15.3. The number of hydrogen-bond acceptors (Lipinski definition) is 2. The zero-order valence-electron chi connectivity index (χ0n) is 13.9. The molecule has 1 saturated heterocycles. The van der Waals surface area contributed by atoms with Gasteiger partial charge in [-0.05, 0) is 42.4 Å². The first-order chi connectivity index (χ1) is 11.8. The van der Waals surface area contributed by atoms with Crippen molar-refractivity contribution >= 4 is 5.91 Å². The molecule has 0 aliphatic carbocycles. The average molecular weight is 321 g/mol. The second-order valence-electron chi connectivity index (χ2n) is 6.88. The molecule has 0 bridgehead atoms. The van der Waals surface area contributed by atoms with Crippen LogP contribution in [0.2, 0.25) is 0 Å². The number of benzene rings is 2. The molecule has 2 aromatic rings. The topological polar surface area (TPSA) is 29.5 Å². The normalized spacial score (nSPS) is 20.5. The number of piperidine rings is 1. The van der Waals surface area contributed by atoms with Crippen LogP contribution in [-0.2, 0) is 17.6 Å². The van der Waals surface area contributed by atoms with E-state index in [-0.39, 0.29) is 12.0 Å². The maximum Gasteiger partial charge on any atom is 0.263 e. The van der Waals surface area contributed by atoms with Gasteiger partial charge in [0, 0.05) is 19.5 Å². The summed E-state index contributed by atoms with van der Waals surface area (Å²) in [7, 11) is 0. The lowest BCUT2D eigenvalue weighted by Crippen LogP contribution is -2.45. The van der Waals surface area contributed by atoms with Gasteiger partial charge in [0.2, 0.25) is 0 Å². The summed E-state index contributed by atoms with van der Waals surface area (Å²) in [6.45, 7) is 1.71. The second kappa shape index (κ2) is 6.68. The van der Waals surface area contributed by atoms with Gasteiger partial charge in [-0.3, -0.25) is 4.79 Å². The van der Waals surface area contributed by atoms with E-state index in [9.17, 15) is 4.79 Å². The van der Waals surface area contributed by atoms with E-state index >= 15 is 0 Å². The number of fused-ring (bicyclic) bond motifs is 1. The Balaban J connectivity index is 1.31. The molecule has 124 valence electrons. The fourth-order valence-electron chi connectivity index (χ4n) is 3.83. The minimum Gasteiger partial charge on any atom is -0.480 e. The predicted molar refractivity (Wildman–Crippen MR) is 94.0 cm³/mol. The number of ether oxygens (including phenoxy) is 1. The maximum atomic E-state index is 12.7. The van der Waals surface area contributed by atoms with E-state index in [1.54, 1.807) is 0 Å². The molecule has 0 aromatic heterocycles. The van der Waals surface area contributed by atoms with Crippen LogP contribution in [0.25, 0.3) is 0 Å². The number of rotatable bonds is 3. The number of para-hydroxylation sites is 1. The fourth-order valence-corrected chi connectivity index (χ4v) is 3.83. The first-order valence-corrected chi connectivity index (χ1v) is 8.87. The largest absolute Gasteiger partial charge is 0.480 e. The summed E-state index contributed by atoms with van der Waals surface area (Å²) in [4.78, 5) is 14.7. The summed E-state index contributed by atoms with van der Waals surface area (Å²) in [6.07, 6.45) is 3.67. The predicted octanol–water partition coefficient (Wildman–Crippen LogP) is 3.47. The quantitative estimate of drug-likeness (QED) is 0.866. The van der Waals surface area contributed by atoms with E-state index in [1.165, 1.54) is 5.56 Å². The third-order valence-electron chi connectivity index (χ3n) is 5.22. The average Bonchev–Trinajstić information content (AvgIpc) is 3.07. The molecule has 1 amide bonds. The molecule has 1 atom stereocenters. The summed E-state index contributed by atoms with van der Waals surface area (Å²) in [6, 6.07) is 18.6. The number of likely N-dealkylation sites (tertiary alicyclic amines) is 1. The summed E-state index contributed by atoms with van der Waals surface area (Å²) in [5.74, 6) is 1.71. The van der Waals surface area contributed by atoms with Crippen LogP contribution in [0.1, 0.15) is 24.0 Å². The first-order valence-electron chi connectivity index (χ1n) is 8.87. The number of carbonyl (C=O) groups excluding carboxylic acids is 1. The highest BCUT2D eigenvalue weighted by Gasteiger charge is 2.33. The standard InChI is InChI=1S/C21H23NO2/c23-21(20-15-18-8-4-5-9-19(18)24-20)22-12-10-17(11-13-22)14-16-6-2-1-3-7-16/h1-9,17,20H,10-15H2. The van der Waals surface area contributed by atoms with Crippen molar-refractivity contribution in [3.63, 3.8) is 0 Å². The molecule has 1 unspecified atom stereocenters. The van der Waals surface area contributed by atoms with Crippen LogP contribution in [0.3, 0.4) is 0 Å². The smallest absolute Gasteiger partial charge is 0.263 e. The van der Waals surface area contributed by atoms with Gasteiger partial charge >= 0.3 is 0 Å². The molecule has 0 N–H and O–H groups in total. The van der Waals surface area contributed by atoms with E-state index in [1.807, 2.05) is 23.1 Å². The molecule has 0 saturated carbocycles. The lowest BCUT2D eigenvalue weighted by molar-refractivity contribution is -0.139. The molecular formula is C21H23NO2. The number of amides is 1. The van der Waals surface area contributed by atoms with Gasteiger partial charge in [-0.25, -0.2) is 0 Å². The maximum absolute atomic E-state index is 12.7. The molecule has 1 fully saturated rings. The highest BCUT2D eigenvalue weighted by molar-refractivity contribution is 5.82. The van der Waals surface area contributed by atoms with E-state index in [4.69, 9.17) is 4.74 Å². The van der Waals surface area contributed by atoms with Crippen molar-refractivity contribution in [2.24, 2.45) is 5.92 Å². The van der Waals surface area contributed by atoms with E-state index in [2.05, 4.69) is 36.4 Å². The molecule has 3 heteroatoms. The Morgan fingerprint density at radius 1 is 1.00 bits per heavy atom. The molecule has 0 radical (unpaired) electrons. The Morgan fingerprint density at radius 3 is 2.46 bits per heavy atom. The Morgan fingerprint density at radius 2 is 1.71 bits per heavy atom. The summed E-state index contributed by atoms with van der Waals surface area (Å²) in [5.41, 5.74) is 2.55. The second-order valence-corrected chi connectivity index (χ2v) is 6.88. The van der Waals surface area contributed by atoms with Crippen molar-refractivity contribution in [2.45, 2.75) is 31.8 Å². The molecule has 2 aliphatic rings. The zero-order valence-corrected chi connectivity index (χ0v) is 13.9. The van der Waals surface area contributed by atoms with Gasteiger partial charge in [0.1, 0.15) is 5.75 Å². The van der Waals surface area contributed by atoms with Crippen LogP contribution in [0.15, 0.2) is 54.6 Å². The van der Waals surface area contributed by atoms with Crippen molar-refractivity contribution in [1.29, 1.82) is 0 Å². The Bertz CT molecular complexity index is 680. The van der Waals surface area contributed by atoms with Crippen LogP contribution < -0.4 is 4.74 Å². The van der Waals surface area contributed by atoms with Crippen molar-refractivity contribution in [2.75, 3.05) is 13.1 Å². The monoisotopic (exact) mass is 321 g/mol. The van der Waals surface area contributed by atoms with Crippen LogP contribution in [0.4, 0.5) is 0 Å². The Kier molecular flexibility index (Phi) is 4.24. The third kappa shape index (κ3) is 3.16. The molecule has 0 spiro atoms. The van der Waals surface area contributed by atoms with Crippen LogP contribution >= 0.6 is 0 Å². The SMILES string of the molecule is O=C(C1Cc2ccccc2O1)N1CCC(Cc2ccccc2)CC1. The minimum atomic E-state index is -0.326. The molecule has 4 rings (SSSR count). The van der Waals surface area contributed by atoms with E-state index in [0.717, 1.165) is 43.7 Å². The summed E-state index contributed by atoms with van der Waals surface area (Å²) >= 11 is 0. The van der Waals surface area contributed by atoms with Gasteiger partial charge in [0.15, 0.2) is 6.10 Å². The van der Waals surface area contributed by atoms with Crippen molar-refractivity contribution in [3.05, 3.63) is 65.7 Å². The highest BCUT2D eigenvalue weighted by Crippen LogP contribution is 2.30. The molecule has 2 aromatic carbocycles. The summed E-state index contributed by atoms with van der Waals surface area (Å²) < 4.78 is 5.85. The van der Waals surface area contributed by atoms with Gasteiger partial charge in [0.25, 0.3) is 5.91 Å². The van der Waals surface area contributed by atoms with E-state index < -0.39 is 0 Å². The number of hydrogen-bond donors (Lipinski definition) is 0. The van der Waals surface area contributed by atoms with Crippen LogP contribution in [0, 0.1) is 5.92 Å². The van der Waals surface area contributed by atoms with Gasteiger partial charge in [-0.1, -0.05) is 48.5 Å². The molecular weight excluding hydrogens is 298 g/mol. The van der Waals surface area contributed by atoms with Gasteiger partial charge < -0.3 is 9.64 Å². The third-order valence-corrected chi connectivity index (χ3v) is 5.22. The molecule has 2 heterocycles. The van der Waals surface area contributed by atoms with Gasteiger partial charge in [-0.2, -0.15) is 0 Å². The van der Waals surface area contributed by atoms with Crippen molar-refractivity contribution in [3.8, 4) is 5.75 Å². The van der Waals surface area contributed by atoms with Crippen molar-refractivity contribution in [1.82, 2.24) is 4.90 Å². The van der Waals surface area contributed by atoms with Gasteiger partial charge in [-0.15, -0.1) is 0 Å². The number of nitrogens with zero attached hydrogens (tertiary/aromatic N) is 1. The lowest BCUT2D eigenvalue weighted by Gasteiger charge is -2.33. The molecule has 3 nitrogen and oxygen atoms in total. The lowest BCUT2D eigenvalue weighted by atomic mass is 9.90. The highest BCUT2D eigenvalue weighted by atomic mass is 16.5. The van der Waals surface area contributed by atoms with Crippen LogP contribution in [0.5, 0.6) is 5.75 Å². The molecule has 24 heavy (non-hydrogen) atoms. The molecule has 2 aliphatic heterocycles. The van der Waals surface area contributed by atoms with Gasteiger partial charge in [0.05, 0.1) is 0 Å². The Hall–Kier alpha value is -2.29. The Labute approximate surface area is 143 Å². The van der Waals surface area contributed by atoms with Crippen molar-refractivity contribution < 1.29 is 9.53 Å². The minimum absolute atomic E-state index is 0.157. The fraction of sp³-hybridized carbons (Fsp3) is 0.381. The summed E-state index contributed by atoms with van der Waals surface area (Å²) in [5, 5.41) is 0. The number of carbonyl (C=O) groups is 1.